The molecule has 0 aliphatic carbocycles. The summed E-state index contributed by atoms with van der Waals surface area (Å²) in [6.07, 6.45) is 14.6. The van der Waals surface area contributed by atoms with Crippen LogP contribution in [-0.2, 0) is 0 Å². The van der Waals surface area contributed by atoms with Crippen LogP contribution in [0.3, 0.4) is 0 Å². The van der Waals surface area contributed by atoms with Crippen molar-refractivity contribution in [2.24, 2.45) is 0 Å². The van der Waals surface area contributed by atoms with Crippen molar-refractivity contribution in [3.63, 3.8) is 0 Å². The quantitative estimate of drug-likeness (QED) is 0.405. The van der Waals surface area contributed by atoms with Crippen LogP contribution in [0.4, 0.5) is 0 Å². The minimum absolute atomic E-state index is 1.37. The molecule has 0 aliphatic heterocycles. The first-order valence-electron chi connectivity index (χ1n) is 6.23. The maximum atomic E-state index is 2.29. The van der Waals surface area contributed by atoms with Gasteiger partial charge in [-0.2, -0.15) is 0 Å². The molecule has 0 amide bonds. The van der Waals surface area contributed by atoms with E-state index in [1.54, 1.807) is 0 Å². The third kappa shape index (κ3) is 13.2. The van der Waals surface area contributed by atoms with E-state index in [1.807, 2.05) is 0 Å². The molecule has 0 N–H and O–H groups in total. The molecule has 0 aliphatic rings. The zero-order valence-corrected chi connectivity index (χ0v) is 13.9. The molecule has 0 aromatic carbocycles. The summed E-state index contributed by atoms with van der Waals surface area (Å²) in [5, 5.41) is 0. The molecule has 0 aromatic heterocycles. The normalized spacial score (nSPS) is 10.7. The second-order valence-electron chi connectivity index (χ2n) is 4.05. The molecular formula is C12H27SSb. The van der Waals surface area contributed by atoms with E-state index in [0.717, 1.165) is 0 Å². The number of hydrogen-bond donors (Lipinski definition) is 0. The molecular weight excluding hydrogens is 298 g/mol. The fourth-order valence-corrected chi connectivity index (χ4v) is 3.47. The summed E-state index contributed by atoms with van der Waals surface area (Å²) >= 11 is 1.38. The molecule has 2 heteroatoms. The van der Waals surface area contributed by atoms with Crippen LogP contribution in [0.2, 0.25) is 0 Å². The van der Waals surface area contributed by atoms with Crippen molar-refractivity contribution < 1.29 is 0 Å². The summed E-state index contributed by atoms with van der Waals surface area (Å²) in [5.41, 5.74) is 0. The maximum absolute atomic E-state index is 2.29. The van der Waals surface area contributed by atoms with Gasteiger partial charge in [0.2, 0.25) is 0 Å². The van der Waals surface area contributed by atoms with Gasteiger partial charge in [-0.3, -0.25) is 0 Å². The van der Waals surface area contributed by atoms with E-state index in [0.29, 0.717) is 0 Å². The molecule has 0 saturated carbocycles. The van der Waals surface area contributed by atoms with E-state index in [4.69, 9.17) is 0 Å². The Bertz CT molecular complexity index is 84.3. The molecule has 86 valence electrons. The first kappa shape index (κ1) is 15.2. The molecule has 0 nitrogen and oxygen atoms in total. The van der Waals surface area contributed by atoms with Crippen molar-refractivity contribution >= 4 is 30.5 Å². The van der Waals surface area contributed by atoms with Crippen molar-refractivity contribution in [2.45, 2.75) is 71.1 Å². The SMILES string of the molecule is CCCCCCCCCCCC[S][SbH2]. The monoisotopic (exact) mass is 324 g/mol. The summed E-state index contributed by atoms with van der Waals surface area (Å²) in [6, 6.07) is 0. The van der Waals surface area contributed by atoms with Gasteiger partial charge in [0, 0.05) is 0 Å². The summed E-state index contributed by atoms with van der Waals surface area (Å²) in [6.45, 7) is 2.29. The molecule has 0 bridgehead atoms. The van der Waals surface area contributed by atoms with Crippen molar-refractivity contribution in [1.82, 2.24) is 0 Å². The number of hydrogen-bond acceptors (Lipinski definition) is 1. The third-order valence-electron chi connectivity index (χ3n) is 2.62. The van der Waals surface area contributed by atoms with Crippen LogP contribution in [-0.4, -0.2) is 27.4 Å². The van der Waals surface area contributed by atoms with Gasteiger partial charge in [-0.1, -0.05) is 6.92 Å². The first-order chi connectivity index (χ1) is 6.91. The number of unbranched alkanes of at least 4 members (excludes halogenated alkanes) is 9. The van der Waals surface area contributed by atoms with Crippen LogP contribution in [0.5, 0.6) is 0 Å². The van der Waals surface area contributed by atoms with Crippen LogP contribution in [0.1, 0.15) is 71.1 Å². The van der Waals surface area contributed by atoms with Crippen LogP contribution >= 0.6 is 8.85 Å². The Hall–Kier alpha value is 1.17. The second kappa shape index (κ2) is 14.2. The minimum atomic E-state index is 1.37. The third-order valence-corrected chi connectivity index (χ3v) is 5.16. The van der Waals surface area contributed by atoms with Gasteiger partial charge in [0.05, 0.1) is 0 Å². The van der Waals surface area contributed by atoms with Crippen LogP contribution in [0.15, 0.2) is 0 Å². The Labute approximate surface area is 107 Å². The average molecular weight is 325 g/mol. The topological polar surface area (TPSA) is 0 Å². The van der Waals surface area contributed by atoms with Gasteiger partial charge in [0.1, 0.15) is 0 Å². The van der Waals surface area contributed by atoms with Gasteiger partial charge in [-0.25, -0.2) is 0 Å². The van der Waals surface area contributed by atoms with E-state index in [-0.39, 0.29) is 0 Å². The van der Waals surface area contributed by atoms with Gasteiger partial charge in [-0.15, -0.1) is 0 Å². The van der Waals surface area contributed by atoms with E-state index in [1.165, 1.54) is 91.6 Å². The molecule has 0 saturated heterocycles. The Morgan fingerprint density at radius 3 is 1.57 bits per heavy atom. The molecule has 0 unspecified atom stereocenters. The second-order valence-corrected chi connectivity index (χ2v) is 7.65. The molecule has 0 heterocycles. The Kier molecular flexibility index (Phi) is 15.4. The fraction of sp³-hybridized carbons (Fsp3) is 1.00. The fourth-order valence-electron chi connectivity index (χ4n) is 1.67. The molecule has 0 atom stereocenters. The Morgan fingerprint density at radius 1 is 0.714 bits per heavy atom. The van der Waals surface area contributed by atoms with Crippen molar-refractivity contribution in [3.8, 4) is 0 Å². The van der Waals surface area contributed by atoms with E-state index in [9.17, 15) is 0 Å². The van der Waals surface area contributed by atoms with Crippen LogP contribution < -0.4 is 0 Å². The van der Waals surface area contributed by atoms with Gasteiger partial charge >= 0.3 is 100 Å². The zero-order chi connectivity index (χ0) is 10.5. The summed E-state index contributed by atoms with van der Waals surface area (Å²) in [5.74, 6) is 1.42. The van der Waals surface area contributed by atoms with Gasteiger partial charge in [-0.05, 0) is 0 Å². The first-order valence-corrected chi connectivity index (χ1v) is 11.3. The van der Waals surface area contributed by atoms with E-state index >= 15 is 0 Å². The summed E-state index contributed by atoms with van der Waals surface area (Å²) in [7, 11) is 2.11. The van der Waals surface area contributed by atoms with E-state index in [2.05, 4.69) is 15.8 Å². The Morgan fingerprint density at radius 2 is 1.14 bits per heavy atom. The van der Waals surface area contributed by atoms with Crippen molar-refractivity contribution in [2.75, 3.05) is 5.75 Å². The van der Waals surface area contributed by atoms with Gasteiger partial charge in [0.15, 0.2) is 0 Å². The molecule has 0 radical (unpaired) electrons. The van der Waals surface area contributed by atoms with Crippen LogP contribution in [0.25, 0.3) is 0 Å². The summed E-state index contributed by atoms with van der Waals surface area (Å²) < 4.78 is 0. The predicted molar refractivity (Wildman–Crippen MR) is 72.8 cm³/mol. The van der Waals surface area contributed by atoms with E-state index < -0.39 is 0 Å². The average Bonchev–Trinajstić information content (AvgIpc) is 2.21. The van der Waals surface area contributed by atoms with Gasteiger partial charge in [0.25, 0.3) is 0 Å². The molecule has 0 fully saturated rings. The molecule has 0 spiro atoms. The van der Waals surface area contributed by atoms with Crippen molar-refractivity contribution in [3.05, 3.63) is 0 Å². The number of rotatable bonds is 11. The van der Waals surface area contributed by atoms with Crippen molar-refractivity contribution in [1.29, 1.82) is 0 Å². The molecule has 0 rings (SSSR count). The molecule has 14 heavy (non-hydrogen) atoms. The Balaban J connectivity index is 2.78. The summed E-state index contributed by atoms with van der Waals surface area (Å²) in [4.78, 5) is 0. The predicted octanol–water partition coefficient (Wildman–Crippen LogP) is 4.19. The van der Waals surface area contributed by atoms with Crippen LogP contribution in [0, 0.1) is 0 Å². The molecule has 0 aromatic rings. The van der Waals surface area contributed by atoms with Gasteiger partial charge < -0.3 is 0 Å². The standard InChI is InChI=1S/C12H26S.Sb.2H/c1-2-3-4-5-6-7-8-9-10-11-12-13;;;/h13H,2-12H2,1H3;;;/q;+1;;/p-1. The zero-order valence-electron chi connectivity index (χ0n) is 9.76.